The van der Waals surface area contributed by atoms with Gasteiger partial charge in [-0.2, -0.15) is 0 Å². The maximum Gasteiger partial charge on any atom is 0.335 e. The number of hydrogen-bond acceptors (Lipinski definition) is 3. The molecule has 0 atom stereocenters. The number of halogens is 1. The van der Waals surface area contributed by atoms with Crippen molar-refractivity contribution in [1.29, 1.82) is 0 Å². The summed E-state index contributed by atoms with van der Waals surface area (Å²) in [6.07, 6.45) is 1.54. The van der Waals surface area contributed by atoms with Crippen molar-refractivity contribution in [2.24, 2.45) is 0 Å². The van der Waals surface area contributed by atoms with Crippen molar-refractivity contribution < 1.29 is 14.4 Å². The minimum atomic E-state index is -0.765. The van der Waals surface area contributed by atoms with Gasteiger partial charge in [0.25, 0.3) is 11.8 Å². The van der Waals surface area contributed by atoms with Crippen LogP contribution in [0.4, 0.5) is 10.5 Å². The summed E-state index contributed by atoms with van der Waals surface area (Å²) >= 11 is 3.33. The van der Waals surface area contributed by atoms with Gasteiger partial charge in [0.15, 0.2) is 0 Å². The highest BCUT2D eigenvalue weighted by Gasteiger charge is 2.37. The Morgan fingerprint density at radius 3 is 2.23 bits per heavy atom. The number of aryl methyl sites for hydroxylation is 1. The number of amides is 4. The molecule has 0 radical (unpaired) electrons. The van der Waals surface area contributed by atoms with Gasteiger partial charge in [-0.05, 0) is 68.0 Å². The molecule has 1 N–H and O–H groups in total. The van der Waals surface area contributed by atoms with Gasteiger partial charge in [-0.25, -0.2) is 9.69 Å². The summed E-state index contributed by atoms with van der Waals surface area (Å²) in [6.45, 7) is 3.89. The lowest BCUT2D eigenvalue weighted by atomic mass is 10.1. The van der Waals surface area contributed by atoms with Crippen LogP contribution in [0.2, 0.25) is 0 Å². The van der Waals surface area contributed by atoms with E-state index in [-0.39, 0.29) is 5.57 Å². The molecule has 30 heavy (non-hydrogen) atoms. The summed E-state index contributed by atoms with van der Waals surface area (Å²) in [7, 11) is 0. The Balaban J connectivity index is 1.76. The molecule has 0 bridgehead atoms. The molecule has 0 aliphatic carbocycles. The number of imide groups is 2. The Hall–Kier alpha value is -3.45. The zero-order valence-corrected chi connectivity index (χ0v) is 17.9. The standard InChI is InChI=1S/C23H18BrN3O3/c1-14-12-16(15(2)26(14)18-6-4-3-5-7-18)13-20-21(28)25-23(30)27(22(20)29)19-10-8-17(24)9-11-19/h3-13H,1-2H3,(H,25,28,30)/b20-13+. The van der Waals surface area contributed by atoms with E-state index >= 15 is 0 Å². The third-order valence-electron chi connectivity index (χ3n) is 4.97. The Morgan fingerprint density at radius 2 is 1.57 bits per heavy atom. The number of carbonyl (C=O) groups excluding carboxylic acids is 3. The minimum Gasteiger partial charge on any atom is -0.318 e. The number of rotatable bonds is 3. The van der Waals surface area contributed by atoms with Crippen LogP contribution in [0.5, 0.6) is 0 Å². The smallest absolute Gasteiger partial charge is 0.318 e. The van der Waals surface area contributed by atoms with E-state index in [1.807, 2.05) is 50.2 Å². The maximum atomic E-state index is 13.1. The molecule has 2 aromatic carbocycles. The monoisotopic (exact) mass is 463 g/mol. The molecular formula is C23H18BrN3O3. The van der Waals surface area contributed by atoms with Gasteiger partial charge < -0.3 is 4.57 Å². The molecule has 0 saturated carbocycles. The molecule has 1 aliphatic heterocycles. The predicted molar refractivity (Wildman–Crippen MR) is 118 cm³/mol. The number of anilines is 1. The number of hydrogen-bond donors (Lipinski definition) is 1. The van der Waals surface area contributed by atoms with Crippen LogP contribution < -0.4 is 10.2 Å². The van der Waals surface area contributed by atoms with Crippen LogP contribution in [0.3, 0.4) is 0 Å². The molecule has 0 spiro atoms. The number of barbiturate groups is 1. The fourth-order valence-electron chi connectivity index (χ4n) is 3.55. The summed E-state index contributed by atoms with van der Waals surface area (Å²) in [5.41, 5.74) is 3.87. The summed E-state index contributed by atoms with van der Waals surface area (Å²) in [4.78, 5) is 38.8. The van der Waals surface area contributed by atoms with Crippen molar-refractivity contribution in [2.45, 2.75) is 13.8 Å². The van der Waals surface area contributed by atoms with E-state index in [2.05, 4.69) is 25.8 Å². The highest BCUT2D eigenvalue weighted by molar-refractivity contribution is 9.10. The molecule has 2 heterocycles. The molecule has 0 unspecified atom stereocenters. The number of nitrogens with one attached hydrogen (secondary N) is 1. The van der Waals surface area contributed by atoms with Crippen molar-refractivity contribution in [2.75, 3.05) is 4.90 Å². The second-order valence-corrected chi connectivity index (χ2v) is 7.85. The summed E-state index contributed by atoms with van der Waals surface area (Å²) in [5, 5.41) is 2.26. The second kappa shape index (κ2) is 7.76. The summed E-state index contributed by atoms with van der Waals surface area (Å²) in [6, 6.07) is 17.7. The van der Waals surface area contributed by atoms with Crippen molar-refractivity contribution in [3.63, 3.8) is 0 Å². The van der Waals surface area contributed by atoms with E-state index in [0.717, 1.165) is 32.0 Å². The first-order valence-electron chi connectivity index (χ1n) is 9.28. The number of para-hydroxylation sites is 1. The summed E-state index contributed by atoms with van der Waals surface area (Å²) in [5.74, 6) is -1.36. The third-order valence-corrected chi connectivity index (χ3v) is 5.50. The van der Waals surface area contributed by atoms with Crippen LogP contribution in [-0.4, -0.2) is 22.4 Å². The quantitative estimate of drug-likeness (QED) is 0.458. The van der Waals surface area contributed by atoms with Gasteiger partial charge >= 0.3 is 6.03 Å². The van der Waals surface area contributed by atoms with E-state index in [0.29, 0.717) is 5.69 Å². The SMILES string of the molecule is Cc1cc(/C=C2\C(=O)NC(=O)N(c3ccc(Br)cc3)C2=O)c(C)n1-c1ccccc1. The first-order chi connectivity index (χ1) is 14.4. The highest BCUT2D eigenvalue weighted by Crippen LogP contribution is 2.26. The summed E-state index contributed by atoms with van der Waals surface area (Å²) < 4.78 is 2.87. The average Bonchev–Trinajstić information content (AvgIpc) is 3.00. The fourth-order valence-corrected chi connectivity index (χ4v) is 3.81. The topological polar surface area (TPSA) is 71.4 Å². The molecule has 4 amide bonds. The minimum absolute atomic E-state index is 0.0918. The van der Waals surface area contributed by atoms with Crippen LogP contribution in [0.1, 0.15) is 17.0 Å². The van der Waals surface area contributed by atoms with E-state index in [4.69, 9.17) is 0 Å². The number of benzene rings is 2. The third kappa shape index (κ3) is 3.48. The lowest BCUT2D eigenvalue weighted by Crippen LogP contribution is -2.54. The molecule has 1 fully saturated rings. The number of nitrogens with zero attached hydrogens (tertiary/aromatic N) is 2. The van der Waals surface area contributed by atoms with Crippen LogP contribution in [0, 0.1) is 13.8 Å². The van der Waals surface area contributed by atoms with Gasteiger partial charge in [-0.3, -0.25) is 14.9 Å². The van der Waals surface area contributed by atoms with Gasteiger partial charge in [0.1, 0.15) is 5.57 Å². The van der Waals surface area contributed by atoms with Crippen LogP contribution in [0.15, 0.2) is 70.7 Å². The molecule has 150 valence electrons. The average molecular weight is 464 g/mol. The van der Waals surface area contributed by atoms with E-state index in [1.165, 1.54) is 6.08 Å². The Bertz CT molecular complexity index is 1190. The van der Waals surface area contributed by atoms with Gasteiger partial charge in [0.05, 0.1) is 5.69 Å². The van der Waals surface area contributed by atoms with Crippen molar-refractivity contribution in [3.8, 4) is 5.69 Å². The number of urea groups is 1. The van der Waals surface area contributed by atoms with Gasteiger partial charge in [-0.1, -0.05) is 34.1 Å². The van der Waals surface area contributed by atoms with Crippen LogP contribution >= 0.6 is 15.9 Å². The van der Waals surface area contributed by atoms with Gasteiger partial charge in [-0.15, -0.1) is 0 Å². The van der Waals surface area contributed by atoms with E-state index in [1.54, 1.807) is 24.3 Å². The molecule has 7 heteroatoms. The van der Waals surface area contributed by atoms with Crippen molar-refractivity contribution >= 4 is 45.5 Å². The molecule has 1 aromatic heterocycles. The molecule has 1 aliphatic rings. The first kappa shape index (κ1) is 19.8. The largest absolute Gasteiger partial charge is 0.335 e. The molecule has 6 nitrogen and oxygen atoms in total. The van der Waals surface area contributed by atoms with Gasteiger partial charge in [0, 0.05) is 21.5 Å². The zero-order chi connectivity index (χ0) is 21.4. The van der Waals surface area contributed by atoms with E-state index < -0.39 is 17.8 Å². The predicted octanol–water partition coefficient (Wildman–Crippen LogP) is 4.52. The normalized spacial score (nSPS) is 15.6. The number of aromatic nitrogens is 1. The van der Waals surface area contributed by atoms with Gasteiger partial charge in [0.2, 0.25) is 0 Å². The Kier molecular flexibility index (Phi) is 5.13. The Labute approximate surface area is 181 Å². The van der Waals surface area contributed by atoms with E-state index in [9.17, 15) is 14.4 Å². The van der Waals surface area contributed by atoms with Crippen LogP contribution in [-0.2, 0) is 9.59 Å². The Morgan fingerprint density at radius 1 is 0.900 bits per heavy atom. The zero-order valence-electron chi connectivity index (χ0n) is 16.3. The molecule has 4 rings (SSSR count). The van der Waals surface area contributed by atoms with Crippen LogP contribution in [0.25, 0.3) is 11.8 Å². The second-order valence-electron chi connectivity index (χ2n) is 6.93. The van der Waals surface area contributed by atoms with Crippen molar-refractivity contribution in [1.82, 2.24) is 9.88 Å². The molecular weight excluding hydrogens is 446 g/mol. The lowest BCUT2D eigenvalue weighted by Gasteiger charge is -2.26. The molecule has 1 saturated heterocycles. The first-order valence-corrected chi connectivity index (χ1v) is 10.1. The molecule has 3 aromatic rings. The maximum absolute atomic E-state index is 13.1. The lowest BCUT2D eigenvalue weighted by molar-refractivity contribution is -0.122. The van der Waals surface area contributed by atoms with Crippen molar-refractivity contribution in [3.05, 3.63) is 87.7 Å². The number of carbonyl (C=O) groups is 3. The highest BCUT2D eigenvalue weighted by atomic mass is 79.9. The fraction of sp³-hybridized carbons (Fsp3) is 0.0870.